The Kier molecular flexibility index (Phi) is 89.0. The Labute approximate surface area is 1090 Å². The molecule has 0 atom stereocenters. The van der Waals surface area contributed by atoms with Crippen molar-refractivity contribution in [1.82, 2.24) is 0 Å². The summed E-state index contributed by atoms with van der Waals surface area (Å²) in [4.78, 5) is 3.42. The first-order valence-corrected chi connectivity index (χ1v) is 109. The van der Waals surface area contributed by atoms with Crippen LogP contribution < -0.4 is 154 Å². The largest absolute Gasteiger partial charge is 0.226 e. The molecule has 0 heterocycles. The van der Waals surface area contributed by atoms with Crippen LogP contribution in [0.5, 0.6) is 0 Å². The Balaban J connectivity index is -0.000000433. The Morgan fingerprint density at radius 3 is 0.567 bits per heavy atom. The molecule has 618 valence electrons. The van der Waals surface area contributed by atoms with Crippen molar-refractivity contribution >= 4 is 351 Å². The van der Waals surface area contributed by atoms with Crippen molar-refractivity contribution in [2.45, 2.75) is 192 Å². The molecule has 127 heavy (non-hydrogen) atoms. The zero-order valence-electron chi connectivity index (χ0n) is 87.9. The minimum absolute atomic E-state index is 0. The predicted octanol–water partition coefficient (Wildman–Crippen LogP) is 24.0. The van der Waals surface area contributed by atoms with Crippen molar-refractivity contribution in [2.75, 3.05) is 0 Å². The van der Waals surface area contributed by atoms with E-state index in [4.69, 9.17) is 6.72 Å². The first-order valence-electron chi connectivity index (χ1n) is 45.1. The van der Waals surface area contributed by atoms with Gasteiger partial charge >= 0.3 is 407 Å². The minimum Gasteiger partial charge on any atom is -0.226 e. The van der Waals surface area contributed by atoms with Crippen LogP contribution in [-0.4, -0.2) is 259 Å². The van der Waals surface area contributed by atoms with E-state index in [1.54, 1.807) is 12.1 Å². The second-order valence-corrected chi connectivity index (χ2v) is 39.6. The molecule has 0 amide bonds. The van der Waals surface area contributed by atoms with E-state index in [0.29, 0.717) is 43.6 Å². The number of para-hydroxylation sites is 1. The van der Waals surface area contributed by atoms with Gasteiger partial charge in [0.2, 0.25) is 0 Å². The molecule has 16 aromatic carbocycles. The fraction of sp³-hybridized carbons (Fsp3) is 0.296. The number of nitrogens with zero attached hydrogens (tertiary/aromatic N) is 1. The summed E-state index contributed by atoms with van der Waals surface area (Å²) >= 11 is 10.0. The van der Waals surface area contributed by atoms with Gasteiger partial charge in [-0.25, -0.2) is 22.9 Å². The molecule has 0 N–H and O–H groups in total. The van der Waals surface area contributed by atoms with Crippen molar-refractivity contribution < 1.29 is 156 Å². The summed E-state index contributed by atoms with van der Waals surface area (Å²) < 4.78 is 0. The number of benzene rings is 16. The van der Waals surface area contributed by atoms with Gasteiger partial charge in [0.25, 0.3) is 0 Å². The summed E-state index contributed by atoms with van der Waals surface area (Å²) in [6, 6.07) is 128. The fourth-order valence-corrected chi connectivity index (χ4v) is 10.4. The molecule has 0 radical (unpaired) electrons. The standard InChI is InChI=1S/C18H12.2C14H10.C12H8.C10H8.C10H14.C7H5N.6C5H12.11K.H/c1-2-8-14-13(7-1)15-9-3-4-11-17(15)18-12-6-5-10-16(14)18;1-3-7-13-11(5-1)9-10-12-6-2-4-8-14(12)13;1-2-6-12-10-14-8-4-3-7-13(14)9-11(12)5-1;1-3-7-11(8-4-1)12-9-5-2-6-10-12;1-2-6-10-8-4-3-7-9(10)5-1;1-10(2,3)9-7-5-4-6-8-9;1-8-7-5-3-2-4-6-7;6*1-5(2,3)4;;;;;;;;;;;;/h1-12H;2*1-10H;1-7,9H;1-8H;4-8H,1-3H3;1-5H;6*1-4H3;;;;;;;;;;;;/q;;;-2;;;-2;;;;;;;;;;;;;;;3*+1;-1. The predicted molar refractivity (Wildman–Crippen MR) is 572 cm³/mol. The van der Waals surface area contributed by atoms with Crippen LogP contribution in [0, 0.1) is 50.7 Å². The molecule has 0 saturated carbocycles. The maximum absolute atomic E-state index is 4.94. The second-order valence-electron chi connectivity index (χ2n) is 39.6. The summed E-state index contributed by atoms with van der Waals surface area (Å²) in [5, 5.41) is 21.2. The monoisotopic (exact) mass is 1960 g/mol. The average molecular weight is 1970 g/mol. The quantitative estimate of drug-likeness (QED) is 0.0538. The van der Waals surface area contributed by atoms with Crippen molar-refractivity contribution in [3.63, 3.8) is 0 Å². The normalized spacial score (nSPS) is 10.2. The summed E-state index contributed by atoms with van der Waals surface area (Å²) in [5.74, 6) is 0. The van der Waals surface area contributed by atoms with Gasteiger partial charge < -0.3 is 6.42 Å². The van der Waals surface area contributed by atoms with E-state index in [-0.39, 0.29) is 156 Å². The minimum atomic E-state index is 0. The Morgan fingerprint density at radius 2 is 0.386 bits per heavy atom. The molecular weight excluding hydrogens is 1830 g/mol. The van der Waals surface area contributed by atoms with E-state index in [1.165, 1.54) is 344 Å². The molecule has 0 unspecified atom stereocenters. The van der Waals surface area contributed by atoms with E-state index in [1.807, 2.05) is 60.7 Å². The van der Waals surface area contributed by atoms with Gasteiger partial charge in [0, 0.05) is 0 Å². The van der Waals surface area contributed by atoms with Gasteiger partial charge in [0.15, 0.2) is 0 Å². The second kappa shape index (κ2) is 80.4. The van der Waals surface area contributed by atoms with Gasteiger partial charge in [-0.15, -0.1) is 12.1 Å². The SMILES string of the molecule is CC(C)(C)C.CC(C)(C)C.CC(C)(C)C.CC(C)(C)C.CC(C)(C)C.CC(C)(C)C.CC(C)(C)c1ccccc1.[CH-]=Nc1[c-]cccc1.[H-].[K+].[K+].[K+].[K][K].[K][K].[K][K].[K][K].[c-]1ccccc1-c1[c-]cccc1.c1ccc2c(c1)c1ccccc1c1ccccc21.c1ccc2c(c1)ccc1ccccc12.c1ccc2cc3ccccc3cc2c1.c1ccc2ccccc2c1. The number of hydrogen-bond donors (Lipinski definition) is 0. The summed E-state index contributed by atoms with van der Waals surface area (Å²) in [5.41, 5.74) is 7.57. The van der Waals surface area contributed by atoms with Crippen molar-refractivity contribution in [3.05, 3.63) is 370 Å². The summed E-state index contributed by atoms with van der Waals surface area (Å²) in [7, 11) is 0. The van der Waals surface area contributed by atoms with Crippen LogP contribution in [0.2, 0.25) is 0 Å². The van der Waals surface area contributed by atoms with Crippen LogP contribution in [0.1, 0.15) is 194 Å². The van der Waals surface area contributed by atoms with E-state index in [2.05, 4.69) is 483 Å². The van der Waals surface area contributed by atoms with Crippen LogP contribution >= 0.6 is 0 Å². The van der Waals surface area contributed by atoms with Crippen LogP contribution in [0.15, 0.2) is 351 Å². The molecule has 0 fully saturated rings. The number of hydrogen-bond acceptors (Lipinski definition) is 1. The maximum atomic E-state index is 4.94. The summed E-state index contributed by atoms with van der Waals surface area (Å²) in [6.45, 7) is 64.1. The zero-order valence-corrected chi connectivity index (χ0v) is 121. The molecule has 16 rings (SSSR count). The molecule has 0 aliphatic carbocycles. The Bertz CT molecular complexity index is 4820. The van der Waals surface area contributed by atoms with E-state index < -0.39 is 0 Å². The third kappa shape index (κ3) is 74.8. The van der Waals surface area contributed by atoms with Crippen molar-refractivity contribution in [2.24, 2.45) is 37.5 Å². The molecule has 0 aromatic heterocycles. The third-order valence-corrected chi connectivity index (χ3v) is 14.8. The van der Waals surface area contributed by atoms with Crippen molar-refractivity contribution in [1.29, 1.82) is 0 Å². The maximum Gasteiger partial charge on any atom is -0.00990 e. The van der Waals surface area contributed by atoms with E-state index >= 15 is 0 Å². The van der Waals surface area contributed by atoms with E-state index in [0.717, 1.165) is 11.1 Å². The van der Waals surface area contributed by atoms with Crippen molar-refractivity contribution in [3.8, 4) is 11.1 Å². The van der Waals surface area contributed by atoms with Gasteiger partial charge in [-0.1, -0.05) is 448 Å². The fourth-order valence-electron chi connectivity index (χ4n) is 10.4. The summed E-state index contributed by atoms with van der Waals surface area (Å²) in [6.07, 6.45) is 0. The van der Waals surface area contributed by atoms with Crippen LogP contribution in [0.3, 0.4) is 0 Å². The third-order valence-electron chi connectivity index (χ3n) is 14.8. The molecule has 12 heteroatoms. The Hall–Kier alpha value is 7.27. The molecule has 0 bridgehead atoms. The van der Waals surface area contributed by atoms with Crippen LogP contribution in [0.25, 0.3) is 97.3 Å². The number of rotatable bonds is 2. The number of aliphatic imine (C=N–C) groups is 1. The average Bonchev–Trinajstić information content (AvgIpc) is 0.748. The first-order chi connectivity index (χ1) is 58.3. The molecule has 0 aliphatic heterocycles. The van der Waals surface area contributed by atoms with Gasteiger partial charge in [0.1, 0.15) is 0 Å². The van der Waals surface area contributed by atoms with Gasteiger partial charge in [0.05, 0.1) is 0 Å². The zero-order chi connectivity index (χ0) is 94.2. The molecule has 1 nitrogen and oxygen atoms in total. The van der Waals surface area contributed by atoms with Gasteiger partial charge in [-0.3, -0.25) is 6.07 Å². The first kappa shape index (κ1) is 141. The van der Waals surface area contributed by atoms with Crippen LogP contribution in [-0.2, 0) is 5.41 Å². The molecule has 0 saturated heterocycles. The van der Waals surface area contributed by atoms with E-state index in [9.17, 15) is 0 Å². The molecule has 0 aliphatic rings. The topological polar surface area (TPSA) is 12.4 Å². The van der Waals surface area contributed by atoms with Gasteiger partial charge in [-0.05, 0) is 142 Å². The molecule has 0 spiro atoms. The van der Waals surface area contributed by atoms with Crippen LogP contribution in [0.4, 0.5) is 5.69 Å². The van der Waals surface area contributed by atoms with Gasteiger partial charge in [-0.2, -0.15) is 73.4 Å². The molecular formula is C115H140K11N-2. The number of fused-ring (bicyclic) bond motifs is 12. The molecule has 16 aromatic rings. The Morgan fingerprint density at radius 1 is 0.205 bits per heavy atom. The smallest absolute Gasteiger partial charge is 0.00990 e.